The minimum Gasteiger partial charge on any atom is -0.494 e. The maximum Gasteiger partial charge on any atom is 0.389 e. The Morgan fingerprint density at radius 3 is 2.48 bits per heavy atom. The summed E-state index contributed by atoms with van der Waals surface area (Å²) >= 11 is 0. The van der Waals surface area contributed by atoms with Gasteiger partial charge >= 0.3 is 6.18 Å². The van der Waals surface area contributed by atoms with Crippen molar-refractivity contribution in [2.75, 3.05) is 31.1 Å². The molecular weight excluding hydrogens is 405 g/mol. The molecule has 0 radical (unpaired) electrons. The maximum atomic E-state index is 12.3. The molecule has 2 rings (SSSR count). The number of guanidine groups is 1. The molecule has 1 aromatic rings. The predicted molar refractivity (Wildman–Crippen MR) is 120 cm³/mol. The Morgan fingerprint density at radius 2 is 1.90 bits per heavy atom. The number of hydrogen-bond acceptors (Lipinski definition) is 3. The van der Waals surface area contributed by atoms with Crippen LogP contribution < -0.4 is 15.4 Å². The zero-order valence-corrected chi connectivity index (χ0v) is 19.0. The molecule has 0 bridgehead atoms. The van der Waals surface area contributed by atoms with Gasteiger partial charge in [0.2, 0.25) is 0 Å². The van der Waals surface area contributed by atoms with E-state index in [0.717, 1.165) is 31.5 Å². The highest BCUT2D eigenvalue weighted by molar-refractivity contribution is 5.94. The summed E-state index contributed by atoms with van der Waals surface area (Å²) in [6.45, 7) is 8.31. The molecule has 176 valence electrons. The fraction of sp³-hybridized carbons (Fsp3) is 0.696. The lowest BCUT2D eigenvalue weighted by Gasteiger charge is -2.43. The molecule has 1 atom stereocenters. The number of benzene rings is 1. The summed E-state index contributed by atoms with van der Waals surface area (Å²) in [5.41, 5.74) is 6.65. The summed E-state index contributed by atoms with van der Waals surface area (Å²) < 4.78 is 42.3. The molecule has 1 aliphatic heterocycles. The number of nitrogens with one attached hydrogen (secondary N) is 1. The number of likely N-dealkylation sites (tertiary alicyclic amines) is 1. The Morgan fingerprint density at radius 1 is 1.23 bits per heavy atom. The van der Waals surface area contributed by atoms with Gasteiger partial charge in [-0.15, -0.1) is 0 Å². The van der Waals surface area contributed by atoms with Crippen molar-refractivity contribution in [3.63, 3.8) is 0 Å². The van der Waals surface area contributed by atoms with Crippen molar-refractivity contribution >= 4 is 11.6 Å². The van der Waals surface area contributed by atoms with Gasteiger partial charge in [-0.1, -0.05) is 20.8 Å². The van der Waals surface area contributed by atoms with Gasteiger partial charge in [0.25, 0.3) is 0 Å². The lowest BCUT2D eigenvalue weighted by Crippen LogP contribution is -2.53. The zero-order chi connectivity index (χ0) is 23.1. The van der Waals surface area contributed by atoms with Crippen molar-refractivity contribution in [3.8, 4) is 5.75 Å². The minimum absolute atomic E-state index is 0.0184. The topological polar surface area (TPSA) is 65.6 Å². The Hall–Kier alpha value is -1.96. The summed E-state index contributed by atoms with van der Waals surface area (Å²) in [7, 11) is 0. The average Bonchev–Trinajstić information content (AvgIpc) is 2.74. The Balaban J connectivity index is 2.13. The highest BCUT2D eigenvalue weighted by Crippen LogP contribution is 2.28. The first-order chi connectivity index (χ1) is 14.6. The molecule has 0 saturated carbocycles. The second kappa shape index (κ2) is 11.1. The van der Waals surface area contributed by atoms with E-state index in [4.69, 9.17) is 15.9 Å². The van der Waals surface area contributed by atoms with E-state index in [0.29, 0.717) is 30.8 Å². The molecule has 3 N–H and O–H groups in total. The van der Waals surface area contributed by atoms with E-state index in [-0.39, 0.29) is 18.4 Å². The fourth-order valence-corrected chi connectivity index (χ4v) is 3.82. The minimum atomic E-state index is -4.16. The number of ether oxygens (including phenoxy) is 1. The van der Waals surface area contributed by atoms with Crippen molar-refractivity contribution < 1.29 is 17.9 Å². The number of rotatable bonds is 9. The third-order valence-electron chi connectivity index (χ3n) is 5.79. The number of hydrogen-bond donors (Lipinski definition) is 2. The average molecular weight is 443 g/mol. The summed E-state index contributed by atoms with van der Waals surface area (Å²) in [6, 6.07) is 7.61. The number of alkyl halides is 3. The molecule has 1 heterocycles. The van der Waals surface area contributed by atoms with Crippen LogP contribution in [0.15, 0.2) is 24.3 Å². The summed E-state index contributed by atoms with van der Waals surface area (Å²) in [4.78, 5) is 4.19. The van der Waals surface area contributed by atoms with Crippen LogP contribution in [0.5, 0.6) is 5.75 Å². The van der Waals surface area contributed by atoms with Crippen LogP contribution in [0.4, 0.5) is 18.9 Å². The van der Waals surface area contributed by atoms with E-state index >= 15 is 0 Å². The van der Waals surface area contributed by atoms with E-state index in [1.54, 1.807) is 12.1 Å². The molecule has 0 spiro atoms. The molecule has 1 aliphatic rings. The first-order valence-electron chi connectivity index (χ1n) is 11.2. The smallest absolute Gasteiger partial charge is 0.389 e. The van der Waals surface area contributed by atoms with E-state index < -0.39 is 12.6 Å². The van der Waals surface area contributed by atoms with Gasteiger partial charge in [0, 0.05) is 31.2 Å². The quantitative estimate of drug-likeness (QED) is 0.305. The van der Waals surface area contributed by atoms with Crippen molar-refractivity contribution in [1.82, 2.24) is 4.90 Å². The Labute approximate surface area is 184 Å². The van der Waals surface area contributed by atoms with Crippen molar-refractivity contribution in [1.29, 1.82) is 5.41 Å². The Kier molecular flexibility index (Phi) is 9.03. The van der Waals surface area contributed by atoms with Crippen LogP contribution >= 0.6 is 0 Å². The van der Waals surface area contributed by atoms with Crippen LogP contribution in [0.3, 0.4) is 0 Å². The van der Waals surface area contributed by atoms with E-state index in [2.05, 4.69) is 25.7 Å². The third kappa shape index (κ3) is 7.91. The van der Waals surface area contributed by atoms with Gasteiger partial charge in [-0.05, 0) is 68.3 Å². The first-order valence-corrected chi connectivity index (χ1v) is 11.2. The van der Waals surface area contributed by atoms with Crippen LogP contribution in [-0.2, 0) is 0 Å². The van der Waals surface area contributed by atoms with Gasteiger partial charge in [0.15, 0.2) is 5.96 Å². The number of nitrogens with zero attached hydrogens (tertiary/aromatic N) is 2. The van der Waals surface area contributed by atoms with E-state index in [1.807, 2.05) is 17.0 Å². The fourth-order valence-electron chi connectivity index (χ4n) is 3.82. The molecule has 5 nitrogen and oxygen atoms in total. The lowest BCUT2D eigenvalue weighted by atomic mass is 9.92. The van der Waals surface area contributed by atoms with Crippen molar-refractivity contribution in [3.05, 3.63) is 24.3 Å². The second-order valence-electron chi connectivity index (χ2n) is 9.09. The van der Waals surface area contributed by atoms with E-state index in [1.165, 1.54) is 6.42 Å². The first kappa shape index (κ1) is 25.3. The van der Waals surface area contributed by atoms with Crippen molar-refractivity contribution in [2.45, 2.75) is 71.5 Å². The second-order valence-corrected chi connectivity index (χ2v) is 9.09. The van der Waals surface area contributed by atoms with Crippen LogP contribution in [0.2, 0.25) is 0 Å². The number of nitrogens with two attached hydrogens (primary N) is 1. The molecule has 1 saturated heterocycles. The number of anilines is 1. The molecule has 1 unspecified atom stereocenters. The Bertz CT molecular complexity index is 691. The summed E-state index contributed by atoms with van der Waals surface area (Å²) in [5, 5.41) is 8.99. The maximum absolute atomic E-state index is 12.3. The van der Waals surface area contributed by atoms with Gasteiger partial charge in [-0.3, -0.25) is 5.41 Å². The van der Waals surface area contributed by atoms with Gasteiger partial charge in [-0.2, -0.15) is 13.2 Å². The third-order valence-corrected chi connectivity index (χ3v) is 5.79. The lowest BCUT2D eigenvalue weighted by molar-refractivity contribution is -0.136. The van der Waals surface area contributed by atoms with Gasteiger partial charge in [0.1, 0.15) is 5.75 Å². The molecule has 1 fully saturated rings. The standard InChI is InChI=1S/C23H37F3N4O/c1-4-18-8-5-6-14-29(18)21(28)30(17-22(2,3)16-27)19-9-11-20(12-10-19)31-15-7-13-23(24,25)26/h9-12,18,28H,4-8,13-17,27H2,1-3H3. The van der Waals surface area contributed by atoms with Crippen LogP contribution in [0.1, 0.15) is 59.3 Å². The van der Waals surface area contributed by atoms with Crippen molar-refractivity contribution in [2.24, 2.45) is 11.1 Å². The van der Waals surface area contributed by atoms with Gasteiger partial charge in [0.05, 0.1) is 6.61 Å². The molecule has 0 amide bonds. The molecule has 1 aromatic carbocycles. The summed E-state index contributed by atoms with van der Waals surface area (Å²) in [5.74, 6) is 1.01. The van der Waals surface area contributed by atoms with Crippen LogP contribution in [0.25, 0.3) is 0 Å². The van der Waals surface area contributed by atoms with Gasteiger partial charge in [-0.25, -0.2) is 0 Å². The monoisotopic (exact) mass is 442 g/mol. The largest absolute Gasteiger partial charge is 0.494 e. The number of halogens is 3. The van der Waals surface area contributed by atoms with E-state index in [9.17, 15) is 13.2 Å². The molecule has 0 aromatic heterocycles. The number of piperidine rings is 1. The van der Waals surface area contributed by atoms with Crippen LogP contribution in [-0.4, -0.2) is 49.3 Å². The molecular formula is C23H37F3N4O. The SMILES string of the molecule is CCC1CCCCN1C(=N)N(CC(C)(C)CN)c1ccc(OCCCC(F)(F)F)cc1. The zero-order valence-electron chi connectivity index (χ0n) is 19.0. The predicted octanol–water partition coefficient (Wildman–Crippen LogP) is 5.40. The highest BCUT2D eigenvalue weighted by Gasteiger charge is 2.30. The normalized spacial score (nSPS) is 17.5. The summed E-state index contributed by atoms with van der Waals surface area (Å²) in [6.07, 6.45) is -0.707. The van der Waals surface area contributed by atoms with Gasteiger partial charge < -0.3 is 20.3 Å². The molecule has 31 heavy (non-hydrogen) atoms. The van der Waals surface area contributed by atoms with Crippen LogP contribution in [0, 0.1) is 10.8 Å². The molecule has 0 aliphatic carbocycles. The highest BCUT2D eigenvalue weighted by atomic mass is 19.4. The molecule has 8 heteroatoms.